The third-order valence-corrected chi connectivity index (χ3v) is 6.71. The summed E-state index contributed by atoms with van der Waals surface area (Å²) in [4.78, 5) is 28.8. The number of nitrogens with zero attached hydrogens (tertiary/aromatic N) is 2. The van der Waals surface area contributed by atoms with Gasteiger partial charge < -0.3 is 33.9 Å². The fraction of sp³-hybridized carbons (Fsp3) is 0.375. The SMILES string of the molecule is O=C(OCc1ccccc1)N(CCO)CCCCCCN(Cc1ccc2c(c1)OCO2)C(=O)OCc1ccccc1. The average molecular weight is 563 g/mol. The highest BCUT2D eigenvalue weighted by molar-refractivity contribution is 5.68. The Morgan fingerprint density at radius 2 is 1.22 bits per heavy atom. The number of amides is 2. The zero-order valence-electron chi connectivity index (χ0n) is 23.3. The van der Waals surface area contributed by atoms with Crippen LogP contribution in [0.2, 0.25) is 0 Å². The van der Waals surface area contributed by atoms with Crippen LogP contribution in [0.4, 0.5) is 9.59 Å². The first kappa shape index (κ1) is 29.7. The van der Waals surface area contributed by atoms with E-state index in [0.717, 1.165) is 42.4 Å². The van der Waals surface area contributed by atoms with Crippen LogP contribution < -0.4 is 9.47 Å². The van der Waals surface area contributed by atoms with Gasteiger partial charge in [0.1, 0.15) is 13.2 Å². The van der Waals surface area contributed by atoms with E-state index in [0.29, 0.717) is 31.1 Å². The van der Waals surface area contributed by atoms with E-state index in [1.165, 1.54) is 4.90 Å². The molecule has 2 amide bonds. The Morgan fingerprint density at radius 3 is 1.83 bits per heavy atom. The van der Waals surface area contributed by atoms with Crippen molar-refractivity contribution in [3.63, 3.8) is 0 Å². The molecule has 0 unspecified atom stereocenters. The largest absolute Gasteiger partial charge is 0.454 e. The molecule has 4 rings (SSSR count). The molecule has 0 radical (unpaired) electrons. The molecule has 41 heavy (non-hydrogen) atoms. The van der Waals surface area contributed by atoms with Crippen LogP contribution in [0.25, 0.3) is 0 Å². The van der Waals surface area contributed by atoms with E-state index in [1.54, 1.807) is 4.90 Å². The van der Waals surface area contributed by atoms with Crippen molar-refractivity contribution >= 4 is 12.2 Å². The summed E-state index contributed by atoms with van der Waals surface area (Å²) in [6, 6.07) is 24.8. The molecule has 218 valence electrons. The predicted molar refractivity (Wildman–Crippen MR) is 153 cm³/mol. The lowest BCUT2D eigenvalue weighted by Crippen LogP contribution is -2.35. The van der Waals surface area contributed by atoms with Gasteiger partial charge in [-0.2, -0.15) is 0 Å². The molecule has 0 saturated carbocycles. The van der Waals surface area contributed by atoms with Crippen LogP contribution in [-0.2, 0) is 29.2 Å². The van der Waals surface area contributed by atoms with Gasteiger partial charge in [-0.25, -0.2) is 9.59 Å². The minimum Gasteiger partial charge on any atom is -0.454 e. The maximum absolute atomic E-state index is 13.0. The van der Waals surface area contributed by atoms with Crippen LogP contribution in [0.3, 0.4) is 0 Å². The van der Waals surface area contributed by atoms with Gasteiger partial charge in [-0.1, -0.05) is 79.6 Å². The smallest absolute Gasteiger partial charge is 0.410 e. The molecule has 0 fully saturated rings. The minimum absolute atomic E-state index is 0.125. The Labute approximate surface area is 241 Å². The van der Waals surface area contributed by atoms with Crippen molar-refractivity contribution in [1.29, 1.82) is 0 Å². The summed E-state index contributed by atoms with van der Waals surface area (Å²) in [6.07, 6.45) is 2.48. The van der Waals surface area contributed by atoms with Gasteiger partial charge in [0.25, 0.3) is 0 Å². The molecule has 0 saturated heterocycles. The van der Waals surface area contributed by atoms with Crippen LogP contribution in [0.5, 0.6) is 11.5 Å². The first-order valence-corrected chi connectivity index (χ1v) is 14.0. The number of aliphatic hydroxyl groups excluding tert-OH is 1. The normalized spacial score (nSPS) is 11.6. The summed E-state index contributed by atoms with van der Waals surface area (Å²) in [5.74, 6) is 1.38. The summed E-state index contributed by atoms with van der Waals surface area (Å²) in [7, 11) is 0. The molecular weight excluding hydrogens is 524 g/mol. The molecule has 1 aliphatic rings. The maximum Gasteiger partial charge on any atom is 0.410 e. The lowest BCUT2D eigenvalue weighted by molar-refractivity contribution is 0.0871. The van der Waals surface area contributed by atoms with E-state index >= 15 is 0 Å². The summed E-state index contributed by atoms with van der Waals surface area (Å²) in [6.45, 7) is 2.11. The number of benzene rings is 3. The molecule has 0 atom stereocenters. The van der Waals surface area contributed by atoms with Crippen molar-refractivity contribution in [2.24, 2.45) is 0 Å². The Balaban J connectivity index is 1.23. The zero-order valence-corrected chi connectivity index (χ0v) is 23.3. The number of unbranched alkanes of at least 4 members (excludes halogenated alkanes) is 3. The molecular formula is C32H38N2O7. The Kier molecular flexibility index (Phi) is 11.7. The third-order valence-electron chi connectivity index (χ3n) is 6.71. The summed E-state index contributed by atoms with van der Waals surface area (Å²) in [5.41, 5.74) is 2.77. The van der Waals surface area contributed by atoms with E-state index in [-0.39, 0.29) is 39.3 Å². The number of carbonyl (C=O) groups is 2. The van der Waals surface area contributed by atoms with Gasteiger partial charge in [0.05, 0.1) is 6.61 Å². The van der Waals surface area contributed by atoms with Crippen molar-refractivity contribution in [1.82, 2.24) is 9.80 Å². The molecule has 0 spiro atoms. The van der Waals surface area contributed by atoms with Crippen molar-refractivity contribution in [2.75, 3.05) is 33.0 Å². The molecule has 0 aliphatic carbocycles. The molecule has 0 aromatic heterocycles. The van der Waals surface area contributed by atoms with Gasteiger partial charge in [0.15, 0.2) is 11.5 Å². The number of hydrogen-bond donors (Lipinski definition) is 1. The second-order valence-electron chi connectivity index (χ2n) is 9.81. The molecule has 0 bridgehead atoms. The topological polar surface area (TPSA) is 97.8 Å². The number of aliphatic hydroxyl groups is 1. The molecule has 1 N–H and O–H groups in total. The lowest BCUT2D eigenvalue weighted by Gasteiger charge is -2.23. The summed E-state index contributed by atoms with van der Waals surface area (Å²) >= 11 is 0. The molecule has 9 nitrogen and oxygen atoms in total. The third kappa shape index (κ3) is 9.72. The van der Waals surface area contributed by atoms with Crippen LogP contribution in [0, 0.1) is 0 Å². The van der Waals surface area contributed by atoms with E-state index in [1.807, 2.05) is 78.9 Å². The van der Waals surface area contributed by atoms with Gasteiger partial charge in [-0.05, 0) is 41.7 Å². The molecule has 1 aliphatic heterocycles. The highest BCUT2D eigenvalue weighted by Crippen LogP contribution is 2.33. The molecule has 1 heterocycles. The molecule has 9 heteroatoms. The van der Waals surface area contributed by atoms with Gasteiger partial charge >= 0.3 is 12.2 Å². The molecule has 3 aromatic rings. The quantitative estimate of drug-likeness (QED) is 0.236. The zero-order chi connectivity index (χ0) is 28.7. The Hall–Kier alpha value is -4.24. The van der Waals surface area contributed by atoms with E-state index in [4.69, 9.17) is 18.9 Å². The number of fused-ring (bicyclic) bond motifs is 1. The summed E-state index contributed by atoms with van der Waals surface area (Å²) < 4.78 is 21.9. The fourth-order valence-corrected chi connectivity index (χ4v) is 4.49. The van der Waals surface area contributed by atoms with Crippen molar-refractivity contribution < 1.29 is 33.6 Å². The van der Waals surface area contributed by atoms with Crippen molar-refractivity contribution in [3.8, 4) is 11.5 Å². The first-order chi connectivity index (χ1) is 20.1. The summed E-state index contributed by atoms with van der Waals surface area (Å²) in [5, 5.41) is 9.40. The second kappa shape index (κ2) is 16.1. The second-order valence-corrected chi connectivity index (χ2v) is 9.81. The predicted octanol–water partition coefficient (Wildman–Crippen LogP) is 5.75. The molecule has 3 aromatic carbocycles. The maximum atomic E-state index is 13.0. The number of carbonyl (C=O) groups excluding carboxylic acids is 2. The van der Waals surface area contributed by atoms with E-state index in [9.17, 15) is 14.7 Å². The average Bonchev–Trinajstić information content (AvgIpc) is 3.48. The van der Waals surface area contributed by atoms with E-state index in [2.05, 4.69) is 0 Å². The minimum atomic E-state index is -0.432. The highest BCUT2D eigenvalue weighted by atomic mass is 16.7. The van der Waals surface area contributed by atoms with Gasteiger partial charge in [-0.3, -0.25) is 0 Å². The van der Waals surface area contributed by atoms with Gasteiger partial charge in [0, 0.05) is 26.2 Å². The highest BCUT2D eigenvalue weighted by Gasteiger charge is 2.19. The fourth-order valence-electron chi connectivity index (χ4n) is 4.49. The van der Waals surface area contributed by atoms with Crippen molar-refractivity contribution in [2.45, 2.75) is 45.4 Å². The Bertz CT molecular complexity index is 1220. The van der Waals surface area contributed by atoms with Gasteiger partial charge in [0.2, 0.25) is 6.79 Å². The van der Waals surface area contributed by atoms with Crippen LogP contribution in [0.1, 0.15) is 42.4 Å². The number of rotatable bonds is 15. The van der Waals surface area contributed by atoms with Crippen LogP contribution in [0.15, 0.2) is 78.9 Å². The van der Waals surface area contributed by atoms with Crippen LogP contribution in [-0.4, -0.2) is 60.1 Å². The number of hydrogen-bond acceptors (Lipinski definition) is 7. The monoisotopic (exact) mass is 562 g/mol. The van der Waals surface area contributed by atoms with Gasteiger partial charge in [-0.15, -0.1) is 0 Å². The Morgan fingerprint density at radius 1 is 0.659 bits per heavy atom. The van der Waals surface area contributed by atoms with Crippen molar-refractivity contribution in [3.05, 3.63) is 95.6 Å². The van der Waals surface area contributed by atoms with E-state index < -0.39 is 6.09 Å². The standard InChI is InChI=1S/C32H38N2O7/c35-20-19-33(31(36)38-23-26-11-5-3-6-12-26)17-9-1-2-10-18-34(32(37)39-24-27-13-7-4-8-14-27)22-28-15-16-29-30(21-28)41-25-40-29/h3-8,11-16,21,35H,1-2,9-10,17-20,22-25H2. The van der Waals surface area contributed by atoms with Crippen LogP contribution >= 0.6 is 0 Å². The lowest BCUT2D eigenvalue weighted by atomic mass is 10.1. The first-order valence-electron chi connectivity index (χ1n) is 14.0. The number of ether oxygens (including phenoxy) is 4.